The highest BCUT2D eigenvalue weighted by Gasteiger charge is 2.14. The number of hydrogen-bond acceptors (Lipinski definition) is 2. The van der Waals surface area contributed by atoms with Gasteiger partial charge in [-0.15, -0.1) is 0 Å². The third kappa shape index (κ3) is 4.97. The van der Waals surface area contributed by atoms with Crippen LogP contribution in [0.4, 0.5) is 0 Å². The van der Waals surface area contributed by atoms with Crippen molar-refractivity contribution >= 4 is 5.91 Å². The van der Waals surface area contributed by atoms with Gasteiger partial charge in [-0.2, -0.15) is 0 Å². The third-order valence-corrected chi connectivity index (χ3v) is 4.10. The van der Waals surface area contributed by atoms with Crippen LogP contribution in [-0.4, -0.2) is 19.0 Å². The summed E-state index contributed by atoms with van der Waals surface area (Å²) in [6.45, 7) is 5.00. The van der Waals surface area contributed by atoms with Gasteiger partial charge in [0.2, 0.25) is 5.91 Å². The van der Waals surface area contributed by atoms with Crippen LogP contribution in [0.15, 0.2) is 24.3 Å². The molecule has 1 aliphatic heterocycles. The van der Waals surface area contributed by atoms with Gasteiger partial charge in [-0.3, -0.25) is 4.79 Å². The molecule has 3 heteroatoms. The van der Waals surface area contributed by atoms with E-state index in [4.69, 9.17) is 0 Å². The van der Waals surface area contributed by atoms with Gasteiger partial charge in [0, 0.05) is 13.0 Å². The summed E-state index contributed by atoms with van der Waals surface area (Å²) in [5.74, 6) is 0.855. The average molecular weight is 274 g/mol. The smallest absolute Gasteiger partial charge is 0.220 e. The van der Waals surface area contributed by atoms with Crippen molar-refractivity contribution in [2.45, 2.75) is 45.6 Å². The minimum Gasteiger partial charge on any atom is -0.352 e. The standard InChI is InChI=1S/C17H26N2O/c1-2-14-5-7-16(8-6-14)13-19-17(20)10-9-15-4-3-11-18-12-15/h5-8,15,18H,2-4,9-13H2,1H3,(H,19,20). The van der Waals surface area contributed by atoms with Gasteiger partial charge in [-0.05, 0) is 55.8 Å². The molecule has 1 heterocycles. The maximum absolute atomic E-state index is 11.9. The van der Waals surface area contributed by atoms with Gasteiger partial charge < -0.3 is 10.6 Å². The summed E-state index contributed by atoms with van der Waals surface area (Å²) in [6.07, 6.45) is 5.23. The second-order valence-electron chi connectivity index (χ2n) is 5.70. The summed E-state index contributed by atoms with van der Waals surface area (Å²) in [5, 5.41) is 6.41. The van der Waals surface area contributed by atoms with E-state index < -0.39 is 0 Å². The van der Waals surface area contributed by atoms with Crippen LogP contribution in [0, 0.1) is 5.92 Å². The van der Waals surface area contributed by atoms with Crippen LogP contribution in [0.1, 0.15) is 43.7 Å². The van der Waals surface area contributed by atoms with Crippen molar-refractivity contribution in [1.82, 2.24) is 10.6 Å². The Hall–Kier alpha value is -1.35. The van der Waals surface area contributed by atoms with E-state index in [2.05, 4.69) is 41.8 Å². The number of nitrogens with one attached hydrogen (secondary N) is 2. The van der Waals surface area contributed by atoms with Gasteiger partial charge in [-0.1, -0.05) is 31.2 Å². The molecule has 1 fully saturated rings. The second kappa shape index (κ2) is 8.05. The van der Waals surface area contributed by atoms with Crippen molar-refractivity contribution in [3.05, 3.63) is 35.4 Å². The summed E-state index contributed by atoms with van der Waals surface area (Å²) in [7, 11) is 0. The summed E-state index contributed by atoms with van der Waals surface area (Å²) in [4.78, 5) is 11.9. The zero-order chi connectivity index (χ0) is 14.2. The maximum atomic E-state index is 11.9. The summed E-state index contributed by atoms with van der Waals surface area (Å²) in [6, 6.07) is 8.47. The van der Waals surface area contributed by atoms with Crippen LogP contribution in [-0.2, 0) is 17.8 Å². The van der Waals surface area contributed by atoms with Crippen molar-refractivity contribution in [3.8, 4) is 0 Å². The Morgan fingerprint density at radius 1 is 1.30 bits per heavy atom. The minimum atomic E-state index is 0.176. The van der Waals surface area contributed by atoms with E-state index in [9.17, 15) is 4.79 Å². The topological polar surface area (TPSA) is 41.1 Å². The molecule has 1 aliphatic rings. The molecule has 2 rings (SSSR count). The van der Waals surface area contributed by atoms with Crippen LogP contribution >= 0.6 is 0 Å². The van der Waals surface area contributed by atoms with E-state index in [1.165, 1.54) is 24.0 Å². The van der Waals surface area contributed by atoms with Gasteiger partial charge >= 0.3 is 0 Å². The fourth-order valence-corrected chi connectivity index (χ4v) is 2.69. The average Bonchev–Trinajstić information content (AvgIpc) is 2.52. The number of carbonyl (C=O) groups excluding carboxylic acids is 1. The SMILES string of the molecule is CCc1ccc(CNC(=O)CCC2CCCNC2)cc1. The first-order chi connectivity index (χ1) is 9.78. The molecule has 1 saturated heterocycles. The molecule has 20 heavy (non-hydrogen) atoms. The van der Waals surface area contributed by atoms with Crippen molar-refractivity contribution in [3.63, 3.8) is 0 Å². The lowest BCUT2D eigenvalue weighted by Gasteiger charge is -2.22. The Bertz CT molecular complexity index is 408. The molecular formula is C17H26N2O. The fraction of sp³-hybridized carbons (Fsp3) is 0.588. The lowest BCUT2D eigenvalue weighted by atomic mass is 9.94. The van der Waals surface area contributed by atoms with E-state index in [1.54, 1.807) is 0 Å². The molecule has 1 atom stereocenters. The van der Waals surface area contributed by atoms with E-state index in [0.29, 0.717) is 18.9 Å². The number of rotatable bonds is 6. The molecule has 0 aromatic heterocycles. The van der Waals surface area contributed by atoms with E-state index in [0.717, 1.165) is 25.9 Å². The fourth-order valence-electron chi connectivity index (χ4n) is 2.69. The summed E-state index contributed by atoms with van der Waals surface area (Å²) < 4.78 is 0. The molecule has 0 saturated carbocycles. The van der Waals surface area contributed by atoms with Crippen LogP contribution in [0.3, 0.4) is 0 Å². The van der Waals surface area contributed by atoms with Gasteiger partial charge in [-0.25, -0.2) is 0 Å². The molecule has 0 aliphatic carbocycles. The van der Waals surface area contributed by atoms with Crippen LogP contribution < -0.4 is 10.6 Å². The largest absolute Gasteiger partial charge is 0.352 e. The zero-order valence-corrected chi connectivity index (χ0v) is 12.5. The Kier molecular flexibility index (Phi) is 6.06. The van der Waals surface area contributed by atoms with Crippen LogP contribution in [0.2, 0.25) is 0 Å². The monoisotopic (exact) mass is 274 g/mol. The number of hydrogen-bond donors (Lipinski definition) is 2. The number of piperidine rings is 1. The molecule has 0 radical (unpaired) electrons. The van der Waals surface area contributed by atoms with Gasteiger partial charge in [0.1, 0.15) is 0 Å². The zero-order valence-electron chi connectivity index (χ0n) is 12.5. The number of benzene rings is 1. The Morgan fingerprint density at radius 3 is 2.70 bits per heavy atom. The number of aryl methyl sites for hydroxylation is 1. The molecule has 3 nitrogen and oxygen atoms in total. The predicted molar refractivity (Wildman–Crippen MR) is 82.5 cm³/mol. The highest BCUT2D eigenvalue weighted by Crippen LogP contribution is 2.15. The second-order valence-corrected chi connectivity index (χ2v) is 5.70. The van der Waals surface area contributed by atoms with E-state index >= 15 is 0 Å². The molecule has 2 N–H and O–H groups in total. The molecular weight excluding hydrogens is 248 g/mol. The first kappa shape index (κ1) is 15.0. The third-order valence-electron chi connectivity index (χ3n) is 4.10. The molecule has 1 aromatic rings. The highest BCUT2D eigenvalue weighted by atomic mass is 16.1. The Morgan fingerprint density at radius 2 is 2.05 bits per heavy atom. The van der Waals surface area contributed by atoms with E-state index in [-0.39, 0.29) is 5.91 Å². The highest BCUT2D eigenvalue weighted by molar-refractivity contribution is 5.75. The van der Waals surface area contributed by atoms with Gasteiger partial charge in [0.25, 0.3) is 0 Å². The lowest BCUT2D eigenvalue weighted by Crippen LogP contribution is -2.31. The Labute approximate surface area is 122 Å². The summed E-state index contributed by atoms with van der Waals surface area (Å²) in [5.41, 5.74) is 2.51. The van der Waals surface area contributed by atoms with Gasteiger partial charge in [0.05, 0.1) is 0 Å². The van der Waals surface area contributed by atoms with Crippen molar-refractivity contribution < 1.29 is 4.79 Å². The quantitative estimate of drug-likeness (QED) is 0.837. The lowest BCUT2D eigenvalue weighted by molar-refractivity contribution is -0.121. The molecule has 1 unspecified atom stereocenters. The van der Waals surface area contributed by atoms with Crippen molar-refractivity contribution in [1.29, 1.82) is 0 Å². The minimum absolute atomic E-state index is 0.176. The summed E-state index contributed by atoms with van der Waals surface area (Å²) >= 11 is 0. The normalized spacial score (nSPS) is 18.8. The maximum Gasteiger partial charge on any atom is 0.220 e. The van der Waals surface area contributed by atoms with Crippen molar-refractivity contribution in [2.75, 3.05) is 13.1 Å². The van der Waals surface area contributed by atoms with E-state index in [1.807, 2.05) is 0 Å². The number of carbonyl (C=O) groups is 1. The first-order valence-corrected chi connectivity index (χ1v) is 7.83. The number of amides is 1. The molecule has 110 valence electrons. The molecule has 1 aromatic carbocycles. The first-order valence-electron chi connectivity index (χ1n) is 7.83. The van der Waals surface area contributed by atoms with Crippen molar-refractivity contribution in [2.24, 2.45) is 5.92 Å². The molecule has 0 bridgehead atoms. The predicted octanol–water partition coefficient (Wildman–Crippen LogP) is 2.65. The van der Waals surface area contributed by atoms with Gasteiger partial charge in [0.15, 0.2) is 0 Å². The van der Waals surface area contributed by atoms with Crippen LogP contribution in [0.25, 0.3) is 0 Å². The van der Waals surface area contributed by atoms with Crippen LogP contribution in [0.5, 0.6) is 0 Å². The molecule has 1 amide bonds. The molecule has 0 spiro atoms. The Balaban J connectivity index is 1.66.